The molecule has 1 aromatic rings. The number of nitrogens with zero attached hydrogens (tertiary/aromatic N) is 2. The fraction of sp³-hybridized carbons (Fsp3) is 0.273. The Hall–Kier alpha value is -2.24. The molecule has 17 heavy (non-hydrogen) atoms. The van der Waals surface area contributed by atoms with Gasteiger partial charge in [-0.15, -0.1) is 0 Å². The van der Waals surface area contributed by atoms with Gasteiger partial charge < -0.3 is 5.73 Å². The van der Waals surface area contributed by atoms with Gasteiger partial charge in [0, 0.05) is 19.0 Å². The molecule has 0 bridgehead atoms. The molecule has 0 spiro atoms. The molecule has 88 valence electrons. The van der Waals surface area contributed by atoms with E-state index in [1.165, 1.54) is 18.3 Å². The number of pyridine rings is 1. The minimum atomic E-state index is -0.597. The Kier molecular flexibility index (Phi) is 2.86. The van der Waals surface area contributed by atoms with E-state index in [2.05, 4.69) is 4.98 Å². The van der Waals surface area contributed by atoms with E-state index in [1.807, 2.05) is 0 Å². The SMILES string of the molecule is NC(=O)c1ccc(N2C(=O)CCCC2=O)nc1. The van der Waals surface area contributed by atoms with Crippen LogP contribution in [0.3, 0.4) is 0 Å². The number of imide groups is 1. The molecule has 0 saturated carbocycles. The Labute approximate surface area is 97.4 Å². The van der Waals surface area contributed by atoms with Gasteiger partial charge in [0.2, 0.25) is 17.7 Å². The van der Waals surface area contributed by atoms with E-state index in [-0.39, 0.29) is 23.2 Å². The molecule has 6 heteroatoms. The van der Waals surface area contributed by atoms with Crippen molar-refractivity contribution in [1.29, 1.82) is 0 Å². The van der Waals surface area contributed by atoms with Crippen LogP contribution in [0.2, 0.25) is 0 Å². The standard InChI is InChI=1S/C11H11N3O3/c12-11(17)7-4-5-8(13-6-7)14-9(15)2-1-3-10(14)16/h4-6H,1-3H2,(H2,12,17). The predicted molar refractivity (Wildman–Crippen MR) is 59.1 cm³/mol. The second-order valence-electron chi connectivity index (χ2n) is 3.75. The summed E-state index contributed by atoms with van der Waals surface area (Å²) >= 11 is 0. The van der Waals surface area contributed by atoms with Crippen LogP contribution < -0.4 is 10.6 Å². The van der Waals surface area contributed by atoms with Crippen LogP contribution in [0, 0.1) is 0 Å². The number of rotatable bonds is 2. The Bertz CT molecular complexity index is 465. The van der Waals surface area contributed by atoms with Crippen molar-refractivity contribution in [2.24, 2.45) is 5.73 Å². The number of nitrogens with two attached hydrogens (primary N) is 1. The summed E-state index contributed by atoms with van der Waals surface area (Å²) in [5, 5.41) is 0. The zero-order valence-electron chi connectivity index (χ0n) is 9.05. The van der Waals surface area contributed by atoms with Crippen molar-refractivity contribution in [3.63, 3.8) is 0 Å². The number of piperidine rings is 1. The zero-order chi connectivity index (χ0) is 12.4. The third-order valence-corrected chi connectivity index (χ3v) is 2.54. The molecule has 2 N–H and O–H groups in total. The average molecular weight is 233 g/mol. The van der Waals surface area contributed by atoms with Gasteiger partial charge >= 0.3 is 0 Å². The molecule has 1 aromatic heterocycles. The first-order valence-electron chi connectivity index (χ1n) is 5.21. The maximum absolute atomic E-state index is 11.6. The van der Waals surface area contributed by atoms with Crippen LogP contribution in [0.25, 0.3) is 0 Å². The normalized spacial score (nSPS) is 16.1. The van der Waals surface area contributed by atoms with Crippen LogP contribution in [-0.4, -0.2) is 22.7 Å². The highest BCUT2D eigenvalue weighted by atomic mass is 16.2. The highest BCUT2D eigenvalue weighted by Crippen LogP contribution is 2.19. The lowest BCUT2D eigenvalue weighted by atomic mass is 10.1. The molecule has 0 unspecified atom stereocenters. The second kappa shape index (κ2) is 4.32. The summed E-state index contributed by atoms with van der Waals surface area (Å²) in [5.74, 6) is -0.883. The zero-order valence-corrected chi connectivity index (χ0v) is 9.05. The van der Waals surface area contributed by atoms with Gasteiger partial charge in [0.1, 0.15) is 5.82 Å². The number of amides is 3. The van der Waals surface area contributed by atoms with Gasteiger partial charge in [0.05, 0.1) is 5.56 Å². The molecule has 0 atom stereocenters. The Morgan fingerprint density at radius 1 is 1.24 bits per heavy atom. The number of carbonyl (C=O) groups excluding carboxylic acids is 3. The summed E-state index contributed by atoms with van der Waals surface area (Å²) < 4.78 is 0. The maximum Gasteiger partial charge on any atom is 0.250 e. The van der Waals surface area contributed by atoms with E-state index in [0.717, 1.165) is 4.90 Å². The Balaban J connectivity index is 2.29. The van der Waals surface area contributed by atoms with Gasteiger partial charge in [-0.25, -0.2) is 9.88 Å². The molecule has 2 heterocycles. The summed E-state index contributed by atoms with van der Waals surface area (Å²) in [6.45, 7) is 0. The van der Waals surface area contributed by atoms with Crippen LogP contribution in [0.1, 0.15) is 29.6 Å². The lowest BCUT2D eigenvalue weighted by Crippen LogP contribution is -2.40. The number of carbonyl (C=O) groups is 3. The van der Waals surface area contributed by atoms with Gasteiger partial charge in [-0.1, -0.05) is 0 Å². The molecule has 0 aliphatic carbocycles. The fourth-order valence-corrected chi connectivity index (χ4v) is 1.67. The van der Waals surface area contributed by atoms with E-state index < -0.39 is 5.91 Å². The van der Waals surface area contributed by atoms with Crippen LogP contribution in [0.4, 0.5) is 5.82 Å². The van der Waals surface area contributed by atoms with Crippen molar-refractivity contribution in [3.8, 4) is 0 Å². The highest BCUT2D eigenvalue weighted by molar-refractivity contribution is 6.15. The van der Waals surface area contributed by atoms with Gasteiger partial charge in [-0.3, -0.25) is 14.4 Å². The maximum atomic E-state index is 11.6. The van der Waals surface area contributed by atoms with Gasteiger partial charge in [0.15, 0.2) is 0 Å². The summed E-state index contributed by atoms with van der Waals surface area (Å²) in [7, 11) is 0. The molecule has 3 amide bonds. The van der Waals surface area contributed by atoms with Crippen molar-refractivity contribution in [2.45, 2.75) is 19.3 Å². The highest BCUT2D eigenvalue weighted by Gasteiger charge is 2.28. The van der Waals surface area contributed by atoms with Crippen molar-refractivity contribution in [3.05, 3.63) is 23.9 Å². The fourth-order valence-electron chi connectivity index (χ4n) is 1.67. The Morgan fingerprint density at radius 2 is 1.88 bits per heavy atom. The second-order valence-corrected chi connectivity index (χ2v) is 3.75. The third kappa shape index (κ3) is 2.15. The smallest absolute Gasteiger partial charge is 0.250 e. The minimum Gasteiger partial charge on any atom is -0.366 e. The largest absolute Gasteiger partial charge is 0.366 e. The molecule has 2 rings (SSSR count). The first kappa shape index (κ1) is 11.3. The lowest BCUT2D eigenvalue weighted by Gasteiger charge is -2.23. The number of anilines is 1. The lowest BCUT2D eigenvalue weighted by molar-refractivity contribution is -0.129. The van der Waals surface area contributed by atoms with Crippen LogP contribution in [0.5, 0.6) is 0 Å². The quantitative estimate of drug-likeness (QED) is 0.739. The number of primary amides is 1. The predicted octanol–water partition coefficient (Wildman–Crippen LogP) is 0.224. The summed E-state index contributed by atoms with van der Waals surface area (Å²) in [6.07, 6.45) is 2.51. The van der Waals surface area contributed by atoms with E-state index >= 15 is 0 Å². The van der Waals surface area contributed by atoms with E-state index in [4.69, 9.17) is 5.73 Å². The molecular weight excluding hydrogens is 222 g/mol. The van der Waals surface area contributed by atoms with E-state index in [9.17, 15) is 14.4 Å². The van der Waals surface area contributed by atoms with Crippen LogP contribution in [0.15, 0.2) is 18.3 Å². The first-order valence-corrected chi connectivity index (χ1v) is 5.21. The van der Waals surface area contributed by atoms with Gasteiger partial charge in [-0.2, -0.15) is 0 Å². The monoisotopic (exact) mass is 233 g/mol. The number of hydrogen-bond acceptors (Lipinski definition) is 4. The molecule has 1 aliphatic heterocycles. The summed E-state index contributed by atoms with van der Waals surface area (Å²) in [4.78, 5) is 39.0. The van der Waals surface area contributed by atoms with E-state index in [1.54, 1.807) is 0 Å². The van der Waals surface area contributed by atoms with Crippen LogP contribution >= 0.6 is 0 Å². The first-order chi connectivity index (χ1) is 8.09. The van der Waals surface area contributed by atoms with Gasteiger partial charge in [-0.05, 0) is 18.6 Å². The molecule has 1 saturated heterocycles. The average Bonchev–Trinajstić information content (AvgIpc) is 2.29. The Morgan fingerprint density at radius 3 is 2.35 bits per heavy atom. The van der Waals surface area contributed by atoms with Gasteiger partial charge in [0.25, 0.3) is 0 Å². The van der Waals surface area contributed by atoms with E-state index in [0.29, 0.717) is 19.3 Å². The van der Waals surface area contributed by atoms with Crippen molar-refractivity contribution >= 4 is 23.5 Å². The van der Waals surface area contributed by atoms with Crippen molar-refractivity contribution in [1.82, 2.24) is 4.98 Å². The summed E-state index contributed by atoms with van der Waals surface area (Å²) in [6, 6.07) is 2.89. The number of aromatic nitrogens is 1. The molecule has 0 aromatic carbocycles. The molecule has 6 nitrogen and oxygen atoms in total. The molecular formula is C11H11N3O3. The molecule has 0 radical (unpaired) electrons. The summed E-state index contributed by atoms with van der Waals surface area (Å²) in [5.41, 5.74) is 5.31. The van der Waals surface area contributed by atoms with Crippen molar-refractivity contribution < 1.29 is 14.4 Å². The third-order valence-electron chi connectivity index (χ3n) is 2.54. The molecule has 1 fully saturated rings. The molecule has 1 aliphatic rings. The topological polar surface area (TPSA) is 93.4 Å². The van der Waals surface area contributed by atoms with Crippen molar-refractivity contribution in [2.75, 3.05) is 4.90 Å². The van der Waals surface area contributed by atoms with Crippen LogP contribution in [-0.2, 0) is 9.59 Å². The number of hydrogen-bond donors (Lipinski definition) is 1. The minimum absolute atomic E-state index is 0.240.